The van der Waals surface area contributed by atoms with E-state index in [0.717, 1.165) is 0 Å². The second kappa shape index (κ2) is 5.18. The van der Waals surface area contributed by atoms with Crippen molar-refractivity contribution in [1.29, 1.82) is 5.26 Å². The molecule has 4 rings (SSSR count). The first-order valence-electron chi connectivity index (χ1n) is 5.99. The fourth-order valence-electron chi connectivity index (χ4n) is 1.74. The summed E-state index contributed by atoms with van der Waals surface area (Å²) in [5.41, 5.74) is 3.80. The van der Waals surface area contributed by atoms with Gasteiger partial charge in [0.25, 0.3) is 0 Å². The molecule has 4 heterocycles. The van der Waals surface area contributed by atoms with Crippen LogP contribution in [0.4, 0.5) is 0 Å². The fraction of sp³-hybridized carbons (Fsp3) is 0. The molecule has 0 N–H and O–H groups in total. The van der Waals surface area contributed by atoms with E-state index in [9.17, 15) is 0 Å². The number of nitrogens with zero attached hydrogens (tertiary/aromatic N) is 5. The Bertz CT molecular complexity index is 961. The van der Waals surface area contributed by atoms with E-state index in [4.69, 9.17) is 14.1 Å². The van der Waals surface area contributed by atoms with E-state index in [0.29, 0.717) is 33.9 Å². The molecule has 4 aromatic heterocycles. The molecule has 7 nitrogen and oxygen atoms in total. The summed E-state index contributed by atoms with van der Waals surface area (Å²) < 4.78 is 10.6. The SMILES string of the molecule is N#Cc1coc(-c2csc(-c3coc(-c4cscn4)n3)n2)n1. The Hall–Kier alpha value is -2.83. The zero-order valence-corrected chi connectivity index (χ0v) is 12.4. The average Bonchev–Trinajstić information content (AvgIpc) is 3.33. The molecular formula is C13H5N5O2S2. The van der Waals surface area contributed by atoms with Gasteiger partial charge in [0, 0.05) is 10.8 Å². The van der Waals surface area contributed by atoms with E-state index in [1.165, 1.54) is 35.2 Å². The summed E-state index contributed by atoms with van der Waals surface area (Å²) in [5.74, 6) is 0.762. The molecule has 0 aliphatic carbocycles. The molecule has 9 heteroatoms. The molecule has 0 unspecified atom stereocenters. The van der Waals surface area contributed by atoms with Gasteiger partial charge in [-0.3, -0.25) is 0 Å². The third-order valence-corrected chi connectivity index (χ3v) is 4.17. The van der Waals surface area contributed by atoms with E-state index in [-0.39, 0.29) is 5.69 Å². The molecular weight excluding hydrogens is 322 g/mol. The quantitative estimate of drug-likeness (QED) is 0.568. The summed E-state index contributed by atoms with van der Waals surface area (Å²) >= 11 is 2.86. The first kappa shape index (κ1) is 12.9. The minimum Gasteiger partial charge on any atom is -0.443 e. The molecule has 0 atom stereocenters. The van der Waals surface area contributed by atoms with Crippen LogP contribution in [0.3, 0.4) is 0 Å². The predicted octanol–water partition coefficient (Wildman–Crippen LogP) is 3.45. The van der Waals surface area contributed by atoms with Crippen LogP contribution in [0.15, 0.2) is 37.6 Å². The van der Waals surface area contributed by atoms with E-state index < -0.39 is 0 Å². The molecule has 0 bridgehead atoms. The lowest BCUT2D eigenvalue weighted by Crippen LogP contribution is -1.81. The molecule has 0 amide bonds. The van der Waals surface area contributed by atoms with Crippen LogP contribution < -0.4 is 0 Å². The Morgan fingerprint density at radius 2 is 1.82 bits per heavy atom. The van der Waals surface area contributed by atoms with Crippen LogP contribution in [0, 0.1) is 11.3 Å². The number of hydrogen-bond acceptors (Lipinski definition) is 9. The lowest BCUT2D eigenvalue weighted by Gasteiger charge is -1.87. The smallest absolute Gasteiger partial charge is 0.247 e. The Labute approximate surface area is 131 Å². The lowest BCUT2D eigenvalue weighted by atomic mass is 10.4. The Morgan fingerprint density at radius 1 is 0.955 bits per heavy atom. The molecule has 0 saturated heterocycles. The fourth-order valence-corrected chi connectivity index (χ4v) is 3.01. The second-order valence-electron chi connectivity index (χ2n) is 4.10. The Morgan fingerprint density at radius 3 is 2.59 bits per heavy atom. The van der Waals surface area contributed by atoms with Crippen molar-refractivity contribution in [2.45, 2.75) is 0 Å². The van der Waals surface area contributed by atoms with Gasteiger partial charge < -0.3 is 8.83 Å². The molecule has 106 valence electrons. The maximum Gasteiger partial charge on any atom is 0.247 e. The maximum absolute atomic E-state index is 8.76. The molecule has 0 aliphatic heterocycles. The summed E-state index contributed by atoms with van der Waals surface area (Å²) in [7, 11) is 0. The summed E-state index contributed by atoms with van der Waals surface area (Å²) in [6.45, 7) is 0. The summed E-state index contributed by atoms with van der Waals surface area (Å²) in [4.78, 5) is 16.9. The van der Waals surface area contributed by atoms with Crippen LogP contribution in [0.5, 0.6) is 0 Å². The predicted molar refractivity (Wildman–Crippen MR) is 78.9 cm³/mol. The maximum atomic E-state index is 8.76. The summed E-state index contributed by atoms with van der Waals surface area (Å²) in [5, 5.41) is 13.1. The summed E-state index contributed by atoms with van der Waals surface area (Å²) in [6, 6.07) is 1.91. The van der Waals surface area contributed by atoms with Crippen LogP contribution >= 0.6 is 22.7 Å². The van der Waals surface area contributed by atoms with E-state index in [1.807, 2.05) is 11.4 Å². The van der Waals surface area contributed by atoms with E-state index >= 15 is 0 Å². The van der Waals surface area contributed by atoms with Crippen molar-refractivity contribution in [1.82, 2.24) is 19.9 Å². The topological polar surface area (TPSA) is 102 Å². The van der Waals surface area contributed by atoms with Crippen LogP contribution in [-0.4, -0.2) is 19.9 Å². The average molecular weight is 327 g/mol. The van der Waals surface area contributed by atoms with Crippen molar-refractivity contribution in [2.75, 3.05) is 0 Å². The molecule has 0 saturated carbocycles. The van der Waals surface area contributed by atoms with Gasteiger partial charge in [-0.2, -0.15) is 10.2 Å². The normalized spacial score (nSPS) is 10.7. The van der Waals surface area contributed by atoms with Crippen molar-refractivity contribution >= 4 is 22.7 Å². The molecule has 0 aromatic carbocycles. The minimum atomic E-state index is 0.219. The van der Waals surface area contributed by atoms with Crippen LogP contribution in [0.2, 0.25) is 0 Å². The van der Waals surface area contributed by atoms with Crippen LogP contribution in [0.1, 0.15) is 5.69 Å². The molecule has 0 aliphatic rings. The third kappa shape index (κ3) is 2.20. The highest BCUT2D eigenvalue weighted by Gasteiger charge is 2.15. The van der Waals surface area contributed by atoms with Crippen LogP contribution in [0.25, 0.3) is 33.9 Å². The first-order valence-corrected chi connectivity index (χ1v) is 7.82. The van der Waals surface area contributed by atoms with Crippen LogP contribution in [-0.2, 0) is 0 Å². The minimum absolute atomic E-state index is 0.219. The zero-order valence-electron chi connectivity index (χ0n) is 10.8. The highest BCUT2D eigenvalue weighted by molar-refractivity contribution is 7.13. The van der Waals surface area contributed by atoms with Crippen molar-refractivity contribution in [3.05, 3.63) is 34.5 Å². The number of oxazole rings is 2. The van der Waals surface area contributed by atoms with Crippen molar-refractivity contribution < 1.29 is 8.83 Å². The number of nitriles is 1. The van der Waals surface area contributed by atoms with Gasteiger partial charge in [0.15, 0.2) is 5.69 Å². The van der Waals surface area contributed by atoms with Crippen molar-refractivity contribution in [3.63, 3.8) is 0 Å². The number of aromatic nitrogens is 4. The Balaban J connectivity index is 1.66. The van der Waals surface area contributed by atoms with Gasteiger partial charge in [-0.25, -0.2) is 15.0 Å². The van der Waals surface area contributed by atoms with Gasteiger partial charge in [-0.05, 0) is 0 Å². The van der Waals surface area contributed by atoms with Gasteiger partial charge in [0.05, 0.1) is 5.51 Å². The van der Waals surface area contributed by atoms with Gasteiger partial charge in [0.2, 0.25) is 11.8 Å². The zero-order chi connectivity index (χ0) is 14.9. The van der Waals surface area contributed by atoms with Crippen molar-refractivity contribution in [2.24, 2.45) is 0 Å². The highest BCUT2D eigenvalue weighted by Crippen LogP contribution is 2.30. The molecule has 0 radical (unpaired) electrons. The first-order chi connectivity index (χ1) is 10.8. The molecule has 22 heavy (non-hydrogen) atoms. The monoisotopic (exact) mass is 327 g/mol. The standard InChI is InChI=1S/C13H5N5O2S2/c14-1-7-2-19-12(16-7)10-5-22-13(18-10)8-3-20-11(17-8)9-4-21-6-15-9/h2-6H. The van der Waals surface area contributed by atoms with Gasteiger partial charge in [0.1, 0.15) is 40.7 Å². The number of hydrogen-bond donors (Lipinski definition) is 0. The lowest BCUT2D eigenvalue weighted by molar-refractivity contribution is 0.571. The van der Waals surface area contributed by atoms with Gasteiger partial charge >= 0.3 is 0 Å². The number of thiazole rings is 2. The Kier molecular flexibility index (Phi) is 3.03. The number of rotatable bonds is 3. The third-order valence-electron chi connectivity index (χ3n) is 2.72. The molecule has 0 fully saturated rings. The van der Waals surface area contributed by atoms with Gasteiger partial charge in [-0.15, -0.1) is 22.7 Å². The van der Waals surface area contributed by atoms with E-state index in [2.05, 4.69) is 19.9 Å². The molecule has 4 aromatic rings. The van der Waals surface area contributed by atoms with Crippen molar-refractivity contribution in [3.8, 4) is 39.9 Å². The highest BCUT2D eigenvalue weighted by atomic mass is 32.1. The summed E-state index contributed by atoms with van der Waals surface area (Å²) in [6.07, 6.45) is 2.83. The van der Waals surface area contributed by atoms with Gasteiger partial charge in [-0.1, -0.05) is 0 Å². The van der Waals surface area contributed by atoms with E-state index in [1.54, 1.807) is 10.9 Å². The molecule has 0 spiro atoms. The second-order valence-corrected chi connectivity index (χ2v) is 5.68. The largest absolute Gasteiger partial charge is 0.443 e.